The highest BCUT2D eigenvalue weighted by Crippen LogP contribution is 2.31. The van der Waals surface area contributed by atoms with Crippen LogP contribution in [0.2, 0.25) is 10.0 Å². The molecule has 0 radical (unpaired) electrons. The summed E-state index contributed by atoms with van der Waals surface area (Å²) in [4.78, 5) is 13.9. The van der Waals surface area contributed by atoms with E-state index in [4.69, 9.17) is 32.7 Å². The van der Waals surface area contributed by atoms with E-state index in [0.29, 0.717) is 29.1 Å². The van der Waals surface area contributed by atoms with Gasteiger partial charge in [-0.05, 0) is 59.1 Å². The number of amides is 1. The summed E-state index contributed by atoms with van der Waals surface area (Å²) in [6.45, 7) is 11.2. The molecule has 1 saturated heterocycles. The van der Waals surface area contributed by atoms with E-state index in [9.17, 15) is 4.79 Å². The monoisotopic (exact) mass is 416 g/mol. The number of carbonyl (C=O) groups excluding carboxylic acids is 1. The predicted molar refractivity (Wildman–Crippen MR) is 110 cm³/mol. The van der Waals surface area contributed by atoms with Crippen molar-refractivity contribution in [2.24, 2.45) is 5.92 Å². The molecule has 1 heterocycles. The molecule has 2 rings (SSSR count). The van der Waals surface area contributed by atoms with Gasteiger partial charge in [-0.2, -0.15) is 0 Å². The van der Waals surface area contributed by atoms with Gasteiger partial charge >= 0.3 is 6.09 Å². The van der Waals surface area contributed by atoms with Gasteiger partial charge in [0.1, 0.15) is 11.4 Å². The SMILES string of the molecule is CCOc1cc(Cl)c(Cl)cc1CNCC1CCN(C(=O)OC(C)(C)C)CC1. The van der Waals surface area contributed by atoms with Gasteiger partial charge in [0.25, 0.3) is 0 Å². The zero-order chi connectivity index (χ0) is 20.0. The van der Waals surface area contributed by atoms with Gasteiger partial charge in [0.2, 0.25) is 0 Å². The van der Waals surface area contributed by atoms with Crippen molar-refractivity contribution < 1.29 is 14.3 Å². The van der Waals surface area contributed by atoms with Gasteiger partial charge in [-0.25, -0.2) is 4.79 Å². The van der Waals surface area contributed by atoms with E-state index in [1.165, 1.54) is 0 Å². The first-order valence-corrected chi connectivity index (χ1v) is 10.2. The van der Waals surface area contributed by atoms with Crippen LogP contribution in [0.5, 0.6) is 5.75 Å². The van der Waals surface area contributed by atoms with Crippen LogP contribution >= 0.6 is 23.2 Å². The maximum atomic E-state index is 12.1. The zero-order valence-corrected chi connectivity index (χ0v) is 18.1. The standard InChI is InChI=1S/C20H30Cl2N2O3/c1-5-26-18-11-17(22)16(21)10-15(18)13-23-12-14-6-8-24(9-7-14)19(25)27-20(2,3)4/h10-11,14,23H,5-9,12-13H2,1-4H3. The number of hydrogen-bond acceptors (Lipinski definition) is 4. The molecule has 1 aliphatic heterocycles. The molecule has 1 aromatic carbocycles. The zero-order valence-electron chi connectivity index (χ0n) is 16.6. The molecule has 0 unspecified atom stereocenters. The first kappa shape index (κ1) is 22.1. The van der Waals surface area contributed by atoms with Crippen LogP contribution in [-0.2, 0) is 11.3 Å². The molecule has 1 amide bonds. The number of likely N-dealkylation sites (tertiary alicyclic amines) is 1. The van der Waals surface area contributed by atoms with Crippen LogP contribution in [0.4, 0.5) is 4.79 Å². The van der Waals surface area contributed by atoms with E-state index >= 15 is 0 Å². The van der Waals surface area contributed by atoms with E-state index in [2.05, 4.69) is 5.32 Å². The summed E-state index contributed by atoms with van der Waals surface area (Å²) >= 11 is 12.2. The van der Waals surface area contributed by atoms with Gasteiger partial charge in [-0.3, -0.25) is 0 Å². The van der Waals surface area contributed by atoms with Crippen molar-refractivity contribution in [3.05, 3.63) is 27.7 Å². The van der Waals surface area contributed by atoms with Crippen molar-refractivity contribution in [3.63, 3.8) is 0 Å². The summed E-state index contributed by atoms with van der Waals surface area (Å²) in [6.07, 6.45) is 1.71. The molecule has 7 heteroatoms. The molecule has 1 aromatic rings. The lowest BCUT2D eigenvalue weighted by Gasteiger charge is -2.33. The van der Waals surface area contributed by atoms with Crippen LogP contribution in [-0.4, -0.2) is 42.8 Å². The van der Waals surface area contributed by atoms with Crippen LogP contribution < -0.4 is 10.1 Å². The molecule has 27 heavy (non-hydrogen) atoms. The van der Waals surface area contributed by atoms with Crippen molar-refractivity contribution in [2.75, 3.05) is 26.2 Å². The predicted octanol–water partition coefficient (Wildman–Crippen LogP) is 5.13. The third-order valence-corrected chi connectivity index (χ3v) is 5.14. The molecule has 152 valence electrons. The third-order valence-electron chi connectivity index (χ3n) is 4.42. The van der Waals surface area contributed by atoms with Crippen molar-refractivity contribution in [1.82, 2.24) is 10.2 Å². The summed E-state index contributed by atoms with van der Waals surface area (Å²) in [5.74, 6) is 1.29. The maximum Gasteiger partial charge on any atom is 0.410 e. The fourth-order valence-corrected chi connectivity index (χ4v) is 3.39. The van der Waals surface area contributed by atoms with Crippen LogP contribution in [0.3, 0.4) is 0 Å². The number of halogens is 2. The average molecular weight is 417 g/mol. The van der Waals surface area contributed by atoms with Crippen molar-refractivity contribution >= 4 is 29.3 Å². The topological polar surface area (TPSA) is 50.8 Å². The second-order valence-electron chi connectivity index (χ2n) is 7.85. The Bertz CT molecular complexity index is 639. The summed E-state index contributed by atoms with van der Waals surface area (Å²) in [5, 5.41) is 4.51. The van der Waals surface area contributed by atoms with Crippen LogP contribution in [0.1, 0.15) is 46.1 Å². The second-order valence-corrected chi connectivity index (χ2v) is 8.66. The highest BCUT2D eigenvalue weighted by atomic mass is 35.5. The summed E-state index contributed by atoms with van der Waals surface area (Å²) in [5.41, 5.74) is 0.547. The maximum absolute atomic E-state index is 12.1. The fourth-order valence-electron chi connectivity index (χ4n) is 3.05. The number of ether oxygens (including phenoxy) is 2. The largest absolute Gasteiger partial charge is 0.493 e. The normalized spacial score (nSPS) is 15.7. The number of rotatable bonds is 6. The number of carbonyl (C=O) groups is 1. The third kappa shape index (κ3) is 7.05. The Morgan fingerprint density at radius 2 is 1.85 bits per heavy atom. The molecular weight excluding hydrogens is 387 g/mol. The molecule has 0 aromatic heterocycles. The Hall–Kier alpha value is -1.17. The Morgan fingerprint density at radius 3 is 2.44 bits per heavy atom. The lowest BCUT2D eigenvalue weighted by atomic mass is 9.97. The Labute approximate surface area is 172 Å². The molecular formula is C20H30Cl2N2O3. The first-order valence-electron chi connectivity index (χ1n) is 9.49. The summed E-state index contributed by atoms with van der Waals surface area (Å²) in [6, 6.07) is 3.62. The molecule has 1 aliphatic rings. The fraction of sp³-hybridized carbons (Fsp3) is 0.650. The van der Waals surface area contributed by atoms with Crippen molar-refractivity contribution in [2.45, 2.75) is 52.7 Å². The molecule has 0 saturated carbocycles. The number of piperidine rings is 1. The Kier molecular flexibility index (Phi) is 8.07. The van der Waals surface area contributed by atoms with Gasteiger partial charge in [-0.1, -0.05) is 23.2 Å². The van der Waals surface area contributed by atoms with E-state index in [1.807, 2.05) is 33.8 Å². The van der Waals surface area contributed by atoms with Crippen LogP contribution in [0.15, 0.2) is 12.1 Å². The molecule has 0 spiro atoms. The highest BCUT2D eigenvalue weighted by molar-refractivity contribution is 6.42. The quantitative estimate of drug-likeness (QED) is 0.697. The van der Waals surface area contributed by atoms with Gasteiger partial charge in [-0.15, -0.1) is 0 Å². The average Bonchev–Trinajstić information content (AvgIpc) is 2.58. The number of benzene rings is 1. The smallest absolute Gasteiger partial charge is 0.410 e. The van der Waals surface area contributed by atoms with E-state index in [0.717, 1.165) is 43.8 Å². The minimum atomic E-state index is -0.451. The van der Waals surface area contributed by atoms with Crippen molar-refractivity contribution in [3.8, 4) is 5.75 Å². The summed E-state index contributed by atoms with van der Waals surface area (Å²) in [7, 11) is 0. The second kappa shape index (κ2) is 9.85. The van der Waals surface area contributed by atoms with Crippen LogP contribution in [0.25, 0.3) is 0 Å². The van der Waals surface area contributed by atoms with E-state index in [1.54, 1.807) is 11.0 Å². The van der Waals surface area contributed by atoms with Crippen LogP contribution in [0, 0.1) is 5.92 Å². The molecule has 1 N–H and O–H groups in total. The van der Waals surface area contributed by atoms with Gasteiger partial charge in [0.15, 0.2) is 0 Å². The molecule has 0 aliphatic carbocycles. The minimum Gasteiger partial charge on any atom is -0.493 e. The lowest BCUT2D eigenvalue weighted by Crippen LogP contribution is -2.43. The van der Waals surface area contributed by atoms with Gasteiger partial charge < -0.3 is 19.7 Å². The minimum absolute atomic E-state index is 0.217. The van der Waals surface area contributed by atoms with E-state index < -0.39 is 5.60 Å². The Balaban J connectivity index is 1.79. The van der Waals surface area contributed by atoms with Gasteiger partial charge in [0, 0.05) is 31.3 Å². The highest BCUT2D eigenvalue weighted by Gasteiger charge is 2.26. The molecule has 1 fully saturated rings. The van der Waals surface area contributed by atoms with Gasteiger partial charge in [0.05, 0.1) is 16.7 Å². The number of nitrogens with zero attached hydrogens (tertiary/aromatic N) is 1. The number of hydrogen-bond donors (Lipinski definition) is 1. The molecule has 0 bridgehead atoms. The van der Waals surface area contributed by atoms with Crippen molar-refractivity contribution in [1.29, 1.82) is 0 Å². The summed E-state index contributed by atoms with van der Waals surface area (Å²) < 4.78 is 11.1. The molecule has 5 nitrogen and oxygen atoms in total. The Morgan fingerprint density at radius 1 is 1.22 bits per heavy atom. The van der Waals surface area contributed by atoms with E-state index in [-0.39, 0.29) is 6.09 Å². The number of nitrogens with one attached hydrogen (secondary N) is 1. The first-order chi connectivity index (χ1) is 12.7. The molecule has 0 atom stereocenters. The lowest BCUT2D eigenvalue weighted by molar-refractivity contribution is 0.0184.